The first-order valence-corrected chi connectivity index (χ1v) is 15.1. The van der Waals surface area contributed by atoms with Gasteiger partial charge in [0, 0.05) is 24.9 Å². The molecule has 1 N–H and O–H groups in total. The maximum Gasteiger partial charge on any atom is 0.310 e. The molecule has 0 radical (unpaired) electrons. The zero-order chi connectivity index (χ0) is 28.2. The number of esters is 1. The number of thioether (sulfide) groups is 1. The molecule has 0 aliphatic carbocycles. The van der Waals surface area contributed by atoms with Gasteiger partial charge in [0.2, 0.25) is 5.91 Å². The molecule has 1 aromatic carbocycles. The second-order valence-electron chi connectivity index (χ2n) is 10.6. The lowest BCUT2D eigenvalue weighted by Gasteiger charge is -2.37. The Morgan fingerprint density at radius 1 is 1.26 bits per heavy atom. The highest BCUT2D eigenvalue weighted by Gasteiger charge is 2.74. The molecule has 5 atom stereocenters. The van der Waals surface area contributed by atoms with E-state index in [-0.39, 0.29) is 36.2 Å². The van der Waals surface area contributed by atoms with Crippen molar-refractivity contribution in [1.29, 1.82) is 0 Å². The van der Waals surface area contributed by atoms with Crippen LogP contribution in [0.1, 0.15) is 50.5 Å². The lowest BCUT2D eigenvalue weighted by atomic mass is 9.71. The van der Waals surface area contributed by atoms with Crippen molar-refractivity contribution in [3.63, 3.8) is 0 Å². The minimum Gasteiger partial charge on any atom is -0.465 e. The van der Waals surface area contributed by atoms with Gasteiger partial charge >= 0.3 is 5.97 Å². The van der Waals surface area contributed by atoms with E-state index in [1.165, 1.54) is 0 Å². The monoisotopic (exact) mass is 574 g/mol. The Bertz CT molecular complexity index is 1090. The number of amides is 2. The normalized spacial score (nSPS) is 26.9. The van der Waals surface area contributed by atoms with Gasteiger partial charge in [-0.05, 0) is 63.5 Å². The Morgan fingerprint density at radius 2 is 2.05 bits per heavy atom. The number of para-hydroxylation sites is 1. The van der Waals surface area contributed by atoms with Gasteiger partial charge in [-0.3, -0.25) is 14.4 Å². The highest BCUT2D eigenvalue weighted by Crippen LogP contribution is 2.66. The van der Waals surface area contributed by atoms with E-state index in [4.69, 9.17) is 16.3 Å². The average molecular weight is 575 g/mol. The van der Waals surface area contributed by atoms with Gasteiger partial charge in [-0.1, -0.05) is 35.9 Å². The van der Waals surface area contributed by atoms with Crippen LogP contribution in [0.3, 0.4) is 0 Å². The van der Waals surface area contributed by atoms with Gasteiger partial charge in [0.1, 0.15) is 6.04 Å². The average Bonchev–Trinajstić information content (AvgIpc) is 3.55. The Morgan fingerprint density at radius 3 is 2.74 bits per heavy atom. The van der Waals surface area contributed by atoms with Crippen molar-refractivity contribution < 1.29 is 24.2 Å². The molecule has 3 fully saturated rings. The molecule has 9 heteroatoms. The van der Waals surface area contributed by atoms with E-state index in [1.54, 1.807) is 39.8 Å². The second kappa shape index (κ2) is 12.9. The maximum absolute atomic E-state index is 14.6. The summed E-state index contributed by atoms with van der Waals surface area (Å²) in [6.07, 6.45) is 8.38. The number of aryl methyl sites for hydroxylation is 1. The van der Waals surface area contributed by atoms with Crippen molar-refractivity contribution >= 4 is 46.8 Å². The molecule has 0 saturated carbocycles. The number of unbranched alkanes of at least 4 members (excludes halogenated alkanes) is 3. The van der Waals surface area contributed by atoms with Crippen molar-refractivity contribution in [3.8, 4) is 0 Å². The molecule has 1 aromatic rings. The van der Waals surface area contributed by atoms with E-state index in [0.717, 1.165) is 24.8 Å². The maximum atomic E-state index is 14.6. The molecule has 4 rings (SSSR count). The summed E-state index contributed by atoms with van der Waals surface area (Å²) in [7, 11) is 0. The second-order valence-corrected chi connectivity index (χ2v) is 12.6. The standard InChI is InChI=1S/C30H39ClN2O5S/c1-4-6-10-19-38-29(37)23-22-14-15-30(39-22)24(23)27(35)33(17-8-7-9-18-34)26(30)28(36)32(16-5-2)25-20(3)12-11-13-21(25)31/h4-5,11-13,22-24,26,34H,1-2,6-10,14-19H2,3H3/t22-,23+,24-,26?,30?/m0/s1. The number of hydrogen-bond donors (Lipinski definition) is 1. The number of fused-ring (bicyclic) bond motifs is 1. The summed E-state index contributed by atoms with van der Waals surface area (Å²) in [6.45, 7) is 10.5. The molecule has 212 valence electrons. The van der Waals surface area contributed by atoms with Gasteiger partial charge in [-0.25, -0.2) is 0 Å². The predicted molar refractivity (Wildman–Crippen MR) is 156 cm³/mol. The first kappa shape index (κ1) is 29.7. The molecule has 2 bridgehead atoms. The van der Waals surface area contributed by atoms with E-state index in [0.29, 0.717) is 49.5 Å². The van der Waals surface area contributed by atoms with Crippen molar-refractivity contribution in [2.24, 2.45) is 11.8 Å². The number of nitrogens with zero attached hydrogens (tertiary/aromatic N) is 2. The zero-order valence-electron chi connectivity index (χ0n) is 22.6. The topological polar surface area (TPSA) is 87.2 Å². The third-order valence-corrected chi connectivity index (χ3v) is 10.5. The molecule has 3 heterocycles. The van der Waals surface area contributed by atoms with Crippen molar-refractivity contribution in [1.82, 2.24) is 4.90 Å². The van der Waals surface area contributed by atoms with Crippen LogP contribution in [0.25, 0.3) is 0 Å². The summed E-state index contributed by atoms with van der Waals surface area (Å²) in [5.41, 5.74) is 1.47. The number of carbonyl (C=O) groups excluding carboxylic acids is 3. The van der Waals surface area contributed by atoms with Crippen molar-refractivity contribution in [2.75, 3.05) is 31.2 Å². The van der Waals surface area contributed by atoms with Crippen molar-refractivity contribution in [2.45, 2.75) is 67.9 Å². The predicted octanol–water partition coefficient (Wildman–Crippen LogP) is 4.93. The van der Waals surface area contributed by atoms with E-state index < -0.39 is 22.6 Å². The van der Waals surface area contributed by atoms with Crippen LogP contribution >= 0.6 is 23.4 Å². The van der Waals surface area contributed by atoms with Crippen LogP contribution in [0.2, 0.25) is 5.02 Å². The minimum absolute atomic E-state index is 0.0485. The number of ether oxygens (including phenoxy) is 1. The first-order valence-electron chi connectivity index (χ1n) is 13.9. The van der Waals surface area contributed by atoms with Crippen LogP contribution in [0, 0.1) is 18.8 Å². The van der Waals surface area contributed by atoms with Gasteiger partial charge in [0.05, 0.1) is 33.9 Å². The van der Waals surface area contributed by atoms with Gasteiger partial charge in [0.25, 0.3) is 5.91 Å². The van der Waals surface area contributed by atoms with E-state index >= 15 is 0 Å². The molecule has 39 heavy (non-hydrogen) atoms. The quantitative estimate of drug-likeness (QED) is 0.193. The number of aliphatic hydroxyl groups excluding tert-OH is 1. The summed E-state index contributed by atoms with van der Waals surface area (Å²) in [5, 5.41) is 9.67. The van der Waals surface area contributed by atoms with Crippen LogP contribution in [0.15, 0.2) is 43.5 Å². The van der Waals surface area contributed by atoms with E-state index in [1.807, 2.05) is 19.1 Å². The van der Waals surface area contributed by atoms with Crippen LogP contribution < -0.4 is 4.90 Å². The number of carbonyl (C=O) groups is 3. The third-order valence-electron chi connectivity index (χ3n) is 8.20. The Hall–Kier alpha value is -2.29. The first-order chi connectivity index (χ1) is 18.8. The fourth-order valence-corrected chi connectivity index (χ4v) is 9.07. The number of halogens is 1. The zero-order valence-corrected chi connectivity index (χ0v) is 24.2. The molecular formula is C30H39ClN2O5S. The molecule has 7 nitrogen and oxygen atoms in total. The number of anilines is 1. The van der Waals surface area contributed by atoms with Crippen LogP contribution in [-0.4, -0.2) is 70.1 Å². The van der Waals surface area contributed by atoms with Crippen LogP contribution in [-0.2, 0) is 19.1 Å². The summed E-state index contributed by atoms with van der Waals surface area (Å²) in [4.78, 5) is 45.4. The Kier molecular flexibility index (Phi) is 9.83. The smallest absolute Gasteiger partial charge is 0.310 e. The van der Waals surface area contributed by atoms with Crippen LogP contribution in [0.5, 0.6) is 0 Å². The highest BCUT2D eigenvalue weighted by atomic mass is 35.5. The lowest BCUT2D eigenvalue weighted by Crippen LogP contribution is -2.55. The molecule has 0 aromatic heterocycles. The number of benzene rings is 1. The largest absolute Gasteiger partial charge is 0.465 e. The third kappa shape index (κ3) is 5.52. The van der Waals surface area contributed by atoms with E-state index in [9.17, 15) is 19.5 Å². The van der Waals surface area contributed by atoms with Gasteiger partial charge < -0.3 is 19.6 Å². The van der Waals surface area contributed by atoms with E-state index in [2.05, 4.69) is 13.2 Å². The Labute approximate surface area is 240 Å². The van der Waals surface area contributed by atoms with Gasteiger partial charge in [-0.2, -0.15) is 0 Å². The van der Waals surface area contributed by atoms with Gasteiger partial charge in [-0.15, -0.1) is 24.9 Å². The summed E-state index contributed by atoms with van der Waals surface area (Å²) in [6, 6.07) is 4.79. The number of hydrogen-bond acceptors (Lipinski definition) is 6. The Balaban J connectivity index is 1.70. The minimum atomic E-state index is -0.728. The molecule has 3 aliphatic rings. The lowest BCUT2D eigenvalue weighted by molar-refractivity contribution is -0.154. The number of allylic oxidation sites excluding steroid dienone is 1. The molecule has 3 saturated heterocycles. The molecule has 3 aliphatic heterocycles. The summed E-state index contributed by atoms with van der Waals surface area (Å²) >= 11 is 8.24. The fourth-order valence-electron chi connectivity index (χ4n) is 6.54. The van der Waals surface area contributed by atoms with Crippen LogP contribution in [0.4, 0.5) is 5.69 Å². The van der Waals surface area contributed by atoms with Crippen molar-refractivity contribution in [3.05, 3.63) is 54.1 Å². The molecule has 2 unspecified atom stereocenters. The molecule has 1 spiro atoms. The molecule has 2 amide bonds. The number of rotatable bonds is 14. The molecular weight excluding hydrogens is 536 g/mol. The number of aliphatic hydroxyl groups is 1. The summed E-state index contributed by atoms with van der Waals surface area (Å²) < 4.78 is 4.94. The summed E-state index contributed by atoms with van der Waals surface area (Å²) in [5.74, 6) is -1.84. The SMILES string of the molecule is C=CCCCOC(=O)[C@@H]1[C@@H]2CCC3(S2)C(C(=O)N(CC=C)c2c(C)cccc2Cl)N(CCCCCO)C(=O)[C@H]13. The highest BCUT2D eigenvalue weighted by molar-refractivity contribution is 8.02. The van der Waals surface area contributed by atoms with Gasteiger partial charge in [0.15, 0.2) is 0 Å². The fraction of sp³-hybridized carbons (Fsp3) is 0.567. The number of likely N-dealkylation sites (tertiary alicyclic amines) is 1.